The van der Waals surface area contributed by atoms with E-state index in [0.717, 1.165) is 33.5 Å². The van der Waals surface area contributed by atoms with Crippen molar-refractivity contribution in [2.24, 2.45) is 0 Å². The van der Waals surface area contributed by atoms with Crippen LogP contribution in [0.15, 0.2) is 35.2 Å². The molecule has 0 unspecified atom stereocenters. The molecule has 0 radical (unpaired) electrons. The summed E-state index contributed by atoms with van der Waals surface area (Å²) >= 11 is 0. The van der Waals surface area contributed by atoms with Gasteiger partial charge in [0.05, 0.1) is 21.3 Å². The Labute approximate surface area is 171 Å². The number of aryl methyl sites for hydroxylation is 2. The highest BCUT2D eigenvalue weighted by Gasteiger charge is 2.22. The van der Waals surface area contributed by atoms with Crippen LogP contribution in [-0.2, 0) is 16.4 Å². The lowest BCUT2D eigenvalue weighted by atomic mass is 10.1. The molecule has 0 aliphatic rings. The standard InChI is InChI=1S/C21H26N2O5S/c1-13-10-20(28-5)21(12-19(13)27-4)29(24,25)22-9-8-16-14(2)23-18-7-6-15(26-3)11-17(16)18/h6-7,10-12,22-23H,8-9H2,1-5H3. The van der Waals surface area contributed by atoms with Gasteiger partial charge >= 0.3 is 0 Å². The predicted molar refractivity (Wildman–Crippen MR) is 113 cm³/mol. The average Bonchev–Trinajstić information content (AvgIpc) is 3.01. The molecule has 0 fully saturated rings. The van der Waals surface area contributed by atoms with E-state index in [9.17, 15) is 8.42 Å². The lowest BCUT2D eigenvalue weighted by molar-refractivity contribution is 0.390. The molecule has 0 aliphatic heterocycles. The first kappa shape index (κ1) is 21.0. The van der Waals surface area contributed by atoms with Gasteiger partial charge in [-0.3, -0.25) is 0 Å². The number of hydrogen-bond donors (Lipinski definition) is 2. The fraction of sp³-hybridized carbons (Fsp3) is 0.333. The number of aromatic amines is 1. The molecule has 7 nitrogen and oxygen atoms in total. The van der Waals surface area contributed by atoms with Crippen LogP contribution in [0.3, 0.4) is 0 Å². The van der Waals surface area contributed by atoms with E-state index in [0.29, 0.717) is 12.2 Å². The van der Waals surface area contributed by atoms with E-state index < -0.39 is 10.0 Å². The van der Waals surface area contributed by atoms with E-state index in [2.05, 4.69) is 9.71 Å². The number of aromatic nitrogens is 1. The van der Waals surface area contributed by atoms with Crippen LogP contribution in [0, 0.1) is 13.8 Å². The van der Waals surface area contributed by atoms with E-state index >= 15 is 0 Å². The van der Waals surface area contributed by atoms with Crippen LogP contribution in [0.25, 0.3) is 10.9 Å². The molecule has 0 saturated heterocycles. The highest BCUT2D eigenvalue weighted by molar-refractivity contribution is 7.89. The molecule has 1 aromatic heterocycles. The largest absolute Gasteiger partial charge is 0.497 e. The van der Waals surface area contributed by atoms with Crippen molar-refractivity contribution in [2.45, 2.75) is 25.2 Å². The van der Waals surface area contributed by atoms with E-state index in [4.69, 9.17) is 14.2 Å². The second-order valence-corrected chi connectivity index (χ2v) is 8.50. The number of methoxy groups -OCH3 is 3. The number of nitrogens with one attached hydrogen (secondary N) is 2. The summed E-state index contributed by atoms with van der Waals surface area (Å²) in [5, 5.41) is 1.02. The Morgan fingerprint density at radius 1 is 0.966 bits per heavy atom. The van der Waals surface area contributed by atoms with Crippen LogP contribution in [0.1, 0.15) is 16.8 Å². The fourth-order valence-electron chi connectivity index (χ4n) is 3.43. The Morgan fingerprint density at radius 2 is 1.69 bits per heavy atom. The lowest BCUT2D eigenvalue weighted by Crippen LogP contribution is -2.26. The molecule has 2 N–H and O–H groups in total. The molecule has 0 saturated carbocycles. The zero-order chi connectivity index (χ0) is 21.2. The summed E-state index contributed by atoms with van der Waals surface area (Å²) in [5.74, 6) is 1.53. The molecule has 3 rings (SSSR count). The molecule has 156 valence electrons. The summed E-state index contributed by atoms with van der Waals surface area (Å²) < 4.78 is 44.3. The molecular formula is C21H26N2O5S. The van der Waals surface area contributed by atoms with Gasteiger partial charge in [-0.05, 0) is 55.7 Å². The highest BCUT2D eigenvalue weighted by atomic mass is 32.2. The average molecular weight is 419 g/mol. The fourth-order valence-corrected chi connectivity index (χ4v) is 4.63. The van der Waals surface area contributed by atoms with Crippen molar-refractivity contribution < 1.29 is 22.6 Å². The summed E-state index contributed by atoms with van der Waals surface area (Å²) in [6.07, 6.45) is 0.531. The first-order valence-electron chi connectivity index (χ1n) is 9.18. The Bertz CT molecular complexity index is 1140. The summed E-state index contributed by atoms with van der Waals surface area (Å²) in [5.41, 5.74) is 3.84. The summed E-state index contributed by atoms with van der Waals surface area (Å²) in [6, 6.07) is 8.94. The minimum Gasteiger partial charge on any atom is -0.497 e. The van der Waals surface area contributed by atoms with Gasteiger partial charge in [-0.25, -0.2) is 13.1 Å². The number of H-pyrrole nitrogens is 1. The van der Waals surface area contributed by atoms with Crippen molar-refractivity contribution in [2.75, 3.05) is 27.9 Å². The number of rotatable bonds is 8. The third-order valence-electron chi connectivity index (χ3n) is 4.96. The van der Waals surface area contributed by atoms with Gasteiger partial charge in [0.2, 0.25) is 10.0 Å². The third-order valence-corrected chi connectivity index (χ3v) is 6.45. The van der Waals surface area contributed by atoms with Crippen LogP contribution < -0.4 is 18.9 Å². The predicted octanol–water partition coefficient (Wildman–Crippen LogP) is 3.33. The third kappa shape index (κ3) is 4.18. The van der Waals surface area contributed by atoms with Gasteiger partial charge in [0.25, 0.3) is 0 Å². The molecule has 29 heavy (non-hydrogen) atoms. The van der Waals surface area contributed by atoms with Crippen molar-refractivity contribution in [3.63, 3.8) is 0 Å². The molecule has 3 aromatic rings. The van der Waals surface area contributed by atoms with Gasteiger partial charge in [-0.2, -0.15) is 0 Å². The minimum atomic E-state index is -3.77. The van der Waals surface area contributed by atoms with Crippen molar-refractivity contribution in [3.8, 4) is 17.2 Å². The number of benzene rings is 2. The second kappa shape index (κ2) is 8.34. The van der Waals surface area contributed by atoms with Crippen LogP contribution in [0.4, 0.5) is 0 Å². The van der Waals surface area contributed by atoms with Gasteiger partial charge in [0.15, 0.2) is 0 Å². The van der Waals surface area contributed by atoms with Gasteiger partial charge in [-0.15, -0.1) is 0 Å². The number of sulfonamides is 1. The zero-order valence-electron chi connectivity index (χ0n) is 17.3. The summed E-state index contributed by atoms with van der Waals surface area (Å²) in [7, 11) is 0.802. The van der Waals surface area contributed by atoms with Crippen LogP contribution in [0.5, 0.6) is 17.2 Å². The summed E-state index contributed by atoms with van der Waals surface area (Å²) in [6.45, 7) is 4.05. The van der Waals surface area contributed by atoms with Gasteiger partial charge in [0.1, 0.15) is 22.1 Å². The monoisotopic (exact) mass is 418 g/mol. The Kier molecular flexibility index (Phi) is 6.04. The smallest absolute Gasteiger partial charge is 0.244 e. The quantitative estimate of drug-likeness (QED) is 0.586. The Balaban J connectivity index is 1.83. The first-order chi connectivity index (χ1) is 13.8. The minimum absolute atomic E-state index is 0.0553. The van der Waals surface area contributed by atoms with Crippen molar-refractivity contribution >= 4 is 20.9 Å². The first-order valence-corrected chi connectivity index (χ1v) is 10.7. The highest BCUT2D eigenvalue weighted by Crippen LogP contribution is 2.32. The van der Waals surface area contributed by atoms with Crippen LogP contribution >= 0.6 is 0 Å². The van der Waals surface area contributed by atoms with Gasteiger partial charge < -0.3 is 19.2 Å². The van der Waals surface area contributed by atoms with Crippen LogP contribution in [-0.4, -0.2) is 41.3 Å². The lowest BCUT2D eigenvalue weighted by Gasteiger charge is -2.14. The number of ether oxygens (including phenoxy) is 3. The van der Waals surface area contributed by atoms with Gasteiger partial charge in [0, 0.05) is 29.2 Å². The zero-order valence-corrected chi connectivity index (χ0v) is 18.1. The molecule has 1 heterocycles. The second-order valence-electron chi connectivity index (χ2n) is 6.76. The van der Waals surface area contributed by atoms with E-state index in [1.54, 1.807) is 13.2 Å². The molecule has 0 atom stereocenters. The number of fused-ring (bicyclic) bond motifs is 1. The Morgan fingerprint density at radius 3 is 2.34 bits per heavy atom. The van der Waals surface area contributed by atoms with Crippen molar-refractivity contribution in [1.82, 2.24) is 9.71 Å². The maximum Gasteiger partial charge on any atom is 0.244 e. The molecule has 0 aliphatic carbocycles. The van der Waals surface area contributed by atoms with E-state index in [-0.39, 0.29) is 17.2 Å². The van der Waals surface area contributed by atoms with E-state index in [1.165, 1.54) is 20.3 Å². The van der Waals surface area contributed by atoms with Crippen LogP contribution in [0.2, 0.25) is 0 Å². The summed E-state index contributed by atoms with van der Waals surface area (Å²) in [4.78, 5) is 3.38. The SMILES string of the molecule is COc1ccc2[nH]c(C)c(CCNS(=O)(=O)c3cc(OC)c(C)cc3OC)c2c1. The maximum absolute atomic E-state index is 12.9. The van der Waals surface area contributed by atoms with E-state index in [1.807, 2.05) is 32.0 Å². The maximum atomic E-state index is 12.9. The molecule has 8 heteroatoms. The van der Waals surface area contributed by atoms with Crippen molar-refractivity contribution in [3.05, 3.63) is 47.2 Å². The molecule has 2 aromatic carbocycles. The normalized spacial score (nSPS) is 11.6. The number of hydrogen-bond acceptors (Lipinski definition) is 5. The molecule has 0 amide bonds. The van der Waals surface area contributed by atoms with Gasteiger partial charge in [-0.1, -0.05) is 0 Å². The molecule has 0 spiro atoms. The topological polar surface area (TPSA) is 89.7 Å². The molecular weight excluding hydrogens is 392 g/mol. The van der Waals surface area contributed by atoms with Crippen molar-refractivity contribution in [1.29, 1.82) is 0 Å². The Hall–Kier alpha value is -2.71. The molecule has 0 bridgehead atoms.